The number of Topliss-reactive ketones (excluding diaryl/α,β-unsaturated/α-hetero) is 1. The second-order valence-electron chi connectivity index (χ2n) is 5.32. The van der Waals surface area contributed by atoms with E-state index in [0.717, 1.165) is 19.4 Å². The van der Waals surface area contributed by atoms with Gasteiger partial charge in [-0.25, -0.2) is 0 Å². The monoisotopic (exact) mass is 229 g/mol. The molecule has 90 valence electrons. The van der Waals surface area contributed by atoms with Gasteiger partial charge in [0, 0.05) is 18.4 Å². The Kier molecular flexibility index (Phi) is 2.98. The summed E-state index contributed by atoms with van der Waals surface area (Å²) in [6, 6.07) is 10.9. The third kappa shape index (κ3) is 2.42. The lowest BCUT2D eigenvalue weighted by Gasteiger charge is -2.08. The lowest BCUT2D eigenvalue weighted by Crippen LogP contribution is -2.25. The molecule has 1 aliphatic carbocycles. The summed E-state index contributed by atoms with van der Waals surface area (Å²) in [5.74, 6) is 1.28. The number of benzene rings is 1. The first-order valence-corrected chi connectivity index (χ1v) is 6.65. The van der Waals surface area contributed by atoms with Gasteiger partial charge in [-0.05, 0) is 37.3 Å². The number of rotatable bonds is 4. The predicted molar refractivity (Wildman–Crippen MR) is 67.9 cm³/mol. The molecule has 2 aliphatic rings. The van der Waals surface area contributed by atoms with Crippen molar-refractivity contribution in [3.63, 3.8) is 0 Å². The van der Waals surface area contributed by atoms with Crippen LogP contribution in [0.15, 0.2) is 30.3 Å². The molecule has 2 nitrogen and oxygen atoms in total. The smallest absolute Gasteiger partial charge is 0.138 e. The second kappa shape index (κ2) is 4.61. The average Bonchev–Trinajstić information content (AvgIpc) is 3.02. The highest BCUT2D eigenvalue weighted by Crippen LogP contribution is 2.48. The normalized spacial score (nSPS) is 31.4. The molecule has 17 heavy (non-hydrogen) atoms. The summed E-state index contributed by atoms with van der Waals surface area (Å²) < 4.78 is 0. The van der Waals surface area contributed by atoms with E-state index in [4.69, 9.17) is 0 Å². The fraction of sp³-hybridized carbons (Fsp3) is 0.533. The van der Waals surface area contributed by atoms with Crippen molar-refractivity contribution in [3.05, 3.63) is 35.9 Å². The third-order valence-corrected chi connectivity index (χ3v) is 4.04. The Hall–Kier alpha value is -1.15. The summed E-state index contributed by atoms with van der Waals surface area (Å²) in [6.07, 6.45) is 4.21. The molecule has 3 atom stereocenters. The molecule has 1 saturated heterocycles. The molecule has 2 heteroatoms. The van der Waals surface area contributed by atoms with E-state index in [0.29, 0.717) is 23.7 Å². The van der Waals surface area contributed by atoms with Gasteiger partial charge in [0.05, 0.1) is 0 Å². The van der Waals surface area contributed by atoms with Gasteiger partial charge in [-0.15, -0.1) is 0 Å². The van der Waals surface area contributed by atoms with Gasteiger partial charge in [-0.3, -0.25) is 4.79 Å². The van der Waals surface area contributed by atoms with Crippen LogP contribution >= 0.6 is 0 Å². The van der Waals surface area contributed by atoms with E-state index < -0.39 is 0 Å². The van der Waals surface area contributed by atoms with Crippen LogP contribution in [0.5, 0.6) is 0 Å². The minimum Gasteiger partial charge on any atom is -0.314 e. The van der Waals surface area contributed by atoms with E-state index in [1.807, 2.05) is 6.07 Å². The molecule has 1 saturated carbocycles. The molecule has 3 rings (SSSR count). The van der Waals surface area contributed by atoms with Gasteiger partial charge in [0.1, 0.15) is 5.78 Å². The van der Waals surface area contributed by atoms with Gasteiger partial charge in [0.2, 0.25) is 0 Å². The Morgan fingerprint density at radius 2 is 2.12 bits per heavy atom. The largest absolute Gasteiger partial charge is 0.314 e. The maximum atomic E-state index is 12.1. The van der Waals surface area contributed by atoms with E-state index in [-0.39, 0.29) is 0 Å². The van der Waals surface area contributed by atoms with Crippen molar-refractivity contribution in [2.24, 2.45) is 5.92 Å². The topological polar surface area (TPSA) is 29.1 Å². The maximum absolute atomic E-state index is 12.1. The van der Waals surface area contributed by atoms with Gasteiger partial charge >= 0.3 is 0 Å². The Bertz CT molecular complexity index is 395. The molecule has 0 aromatic heterocycles. The van der Waals surface area contributed by atoms with Gasteiger partial charge in [-0.1, -0.05) is 30.3 Å². The Morgan fingerprint density at radius 3 is 2.82 bits per heavy atom. The van der Waals surface area contributed by atoms with Crippen molar-refractivity contribution < 1.29 is 4.79 Å². The molecule has 1 N–H and O–H groups in total. The SMILES string of the molecule is O=C(CC1CCCN1)C1CC1c1ccccc1. The van der Waals surface area contributed by atoms with Crippen LogP contribution in [0.25, 0.3) is 0 Å². The lowest BCUT2D eigenvalue weighted by molar-refractivity contribution is -0.120. The van der Waals surface area contributed by atoms with Crippen LogP contribution in [0, 0.1) is 5.92 Å². The van der Waals surface area contributed by atoms with E-state index in [2.05, 4.69) is 29.6 Å². The van der Waals surface area contributed by atoms with Crippen molar-refractivity contribution in [2.45, 2.75) is 37.6 Å². The lowest BCUT2D eigenvalue weighted by atomic mass is 10.0. The fourth-order valence-electron chi connectivity index (χ4n) is 2.94. The van der Waals surface area contributed by atoms with Crippen molar-refractivity contribution in [3.8, 4) is 0 Å². The predicted octanol–water partition coefficient (Wildman–Crippen LogP) is 2.50. The van der Waals surface area contributed by atoms with Crippen LogP contribution in [0.2, 0.25) is 0 Å². The zero-order valence-corrected chi connectivity index (χ0v) is 10.1. The number of nitrogens with one attached hydrogen (secondary N) is 1. The van der Waals surface area contributed by atoms with Gasteiger partial charge in [0.25, 0.3) is 0 Å². The summed E-state index contributed by atoms with van der Waals surface area (Å²) in [6.45, 7) is 1.09. The maximum Gasteiger partial charge on any atom is 0.138 e. The second-order valence-corrected chi connectivity index (χ2v) is 5.32. The number of ketones is 1. The molecule has 2 fully saturated rings. The molecule has 1 heterocycles. The van der Waals surface area contributed by atoms with Crippen molar-refractivity contribution >= 4 is 5.78 Å². The first-order chi connectivity index (χ1) is 8.34. The summed E-state index contributed by atoms with van der Waals surface area (Å²) >= 11 is 0. The minimum absolute atomic E-state index is 0.305. The van der Waals surface area contributed by atoms with Gasteiger partial charge in [-0.2, -0.15) is 0 Å². The molecule has 1 aromatic rings. The summed E-state index contributed by atoms with van der Waals surface area (Å²) in [7, 11) is 0. The quantitative estimate of drug-likeness (QED) is 0.859. The number of carbonyl (C=O) groups is 1. The molecule has 1 aromatic carbocycles. The average molecular weight is 229 g/mol. The van der Waals surface area contributed by atoms with Crippen LogP contribution in [-0.4, -0.2) is 18.4 Å². The molecule has 1 aliphatic heterocycles. The molecular formula is C15H19NO. The Labute approximate surface area is 102 Å². The van der Waals surface area contributed by atoms with Crippen molar-refractivity contribution in [2.75, 3.05) is 6.54 Å². The van der Waals surface area contributed by atoms with Crippen molar-refractivity contribution in [1.29, 1.82) is 0 Å². The molecular weight excluding hydrogens is 210 g/mol. The summed E-state index contributed by atoms with van der Waals surface area (Å²) in [4.78, 5) is 12.1. The minimum atomic E-state index is 0.305. The first-order valence-electron chi connectivity index (χ1n) is 6.65. The molecule has 0 spiro atoms. The zero-order valence-electron chi connectivity index (χ0n) is 10.1. The highest BCUT2D eigenvalue weighted by Gasteiger charge is 2.43. The summed E-state index contributed by atoms with van der Waals surface area (Å²) in [5.41, 5.74) is 1.34. The molecule has 0 radical (unpaired) electrons. The Balaban J connectivity index is 1.55. The van der Waals surface area contributed by atoms with Gasteiger partial charge in [0.15, 0.2) is 0 Å². The third-order valence-electron chi connectivity index (χ3n) is 4.04. The molecule has 3 unspecified atom stereocenters. The van der Waals surface area contributed by atoms with E-state index in [1.54, 1.807) is 0 Å². The summed E-state index contributed by atoms with van der Waals surface area (Å²) in [5, 5.41) is 3.40. The number of hydrogen-bond acceptors (Lipinski definition) is 2. The number of hydrogen-bond donors (Lipinski definition) is 1. The Morgan fingerprint density at radius 1 is 1.29 bits per heavy atom. The molecule has 0 amide bonds. The number of carbonyl (C=O) groups excluding carboxylic acids is 1. The molecule has 0 bridgehead atoms. The fourth-order valence-corrected chi connectivity index (χ4v) is 2.94. The zero-order chi connectivity index (χ0) is 11.7. The van der Waals surface area contributed by atoms with Crippen molar-refractivity contribution in [1.82, 2.24) is 5.32 Å². The van der Waals surface area contributed by atoms with Gasteiger partial charge < -0.3 is 5.32 Å². The highest BCUT2D eigenvalue weighted by atomic mass is 16.1. The first kappa shape index (κ1) is 11.0. The standard InChI is InChI=1S/C15H19NO/c17-15(9-12-7-4-8-16-12)14-10-13(14)11-5-2-1-3-6-11/h1-3,5-6,12-14,16H,4,7-10H2. The van der Waals surface area contributed by atoms with E-state index >= 15 is 0 Å². The van der Waals surface area contributed by atoms with Crippen LogP contribution < -0.4 is 5.32 Å². The van der Waals surface area contributed by atoms with Crippen LogP contribution in [-0.2, 0) is 4.79 Å². The van der Waals surface area contributed by atoms with E-state index in [1.165, 1.54) is 18.4 Å². The van der Waals surface area contributed by atoms with Crippen LogP contribution in [0.3, 0.4) is 0 Å². The van der Waals surface area contributed by atoms with Crippen LogP contribution in [0.1, 0.15) is 37.2 Å². The van der Waals surface area contributed by atoms with E-state index in [9.17, 15) is 4.79 Å². The van der Waals surface area contributed by atoms with Crippen LogP contribution in [0.4, 0.5) is 0 Å². The highest BCUT2D eigenvalue weighted by molar-refractivity contribution is 5.85.